The molecule has 3 rings (SSSR count). The van der Waals surface area contributed by atoms with Crippen LogP contribution in [0.5, 0.6) is 0 Å². The van der Waals surface area contributed by atoms with Crippen molar-refractivity contribution in [2.24, 2.45) is 17.3 Å². The van der Waals surface area contributed by atoms with E-state index in [1.807, 2.05) is 27.7 Å². The summed E-state index contributed by atoms with van der Waals surface area (Å²) in [5.74, 6) is -1.70. The summed E-state index contributed by atoms with van der Waals surface area (Å²) in [4.78, 5) is 43.2. The maximum atomic E-state index is 14.0. The van der Waals surface area contributed by atoms with Gasteiger partial charge in [0.25, 0.3) is 0 Å². The highest BCUT2D eigenvalue weighted by molar-refractivity contribution is 5.99. The molecule has 3 saturated heterocycles. The number of nitrogens with zero attached hydrogens (tertiary/aromatic N) is 1. The Hall–Kier alpha value is -1.67. The van der Waals surface area contributed by atoms with E-state index < -0.39 is 34.6 Å². The van der Waals surface area contributed by atoms with Gasteiger partial charge in [0.1, 0.15) is 11.6 Å². The molecule has 1 spiro atoms. The number of nitrogens with one attached hydrogen (secondary N) is 2. The average Bonchev–Trinajstić information content (AvgIpc) is 3.36. The smallest absolute Gasteiger partial charge is 0.246 e. The van der Waals surface area contributed by atoms with Crippen LogP contribution in [0.15, 0.2) is 0 Å². The first-order valence-corrected chi connectivity index (χ1v) is 14.0. The molecule has 36 heavy (non-hydrogen) atoms. The van der Waals surface area contributed by atoms with E-state index in [2.05, 4.69) is 31.4 Å². The first-order valence-electron chi connectivity index (χ1n) is 14.0. The van der Waals surface area contributed by atoms with Crippen molar-refractivity contribution < 1.29 is 24.2 Å². The minimum absolute atomic E-state index is 0.0180. The molecule has 3 N–H and O–H groups in total. The lowest BCUT2D eigenvalue weighted by Gasteiger charge is -2.38. The molecule has 2 unspecified atom stereocenters. The van der Waals surface area contributed by atoms with Crippen molar-refractivity contribution in [1.29, 1.82) is 0 Å². The summed E-state index contributed by atoms with van der Waals surface area (Å²) in [7, 11) is 0. The number of aliphatic hydroxyl groups excluding tert-OH is 1. The third-order valence-corrected chi connectivity index (χ3v) is 8.25. The van der Waals surface area contributed by atoms with Crippen molar-refractivity contribution >= 4 is 17.7 Å². The summed E-state index contributed by atoms with van der Waals surface area (Å²) >= 11 is 0. The van der Waals surface area contributed by atoms with Crippen molar-refractivity contribution in [2.75, 3.05) is 19.7 Å². The van der Waals surface area contributed by atoms with Crippen molar-refractivity contribution in [1.82, 2.24) is 15.5 Å². The Bertz CT molecular complexity index is 838. The van der Waals surface area contributed by atoms with Gasteiger partial charge in [-0.1, -0.05) is 34.6 Å². The van der Waals surface area contributed by atoms with Crippen LogP contribution in [0.25, 0.3) is 0 Å². The molecule has 206 valence electrons. The van der Waals surface area contributed by atoms with Crippen LogP contribution in [0.3, 0.4) is 0 Å². The number of ether oxygens (including phenoxy) is 1. The van der Waals surface area contributed by atoms with Gasteiger partial charge in [-0.15, -0.1) is 0 Å². The second-order valence-electron chi connectivity index (χ2n) is 13.1. The number of fused-ring (bicyclic) bond motifs is 1. The molecular weight excluding hydrogens is 458 g/mol. The van der Waals surface area contributed by atoms with Crippen molar-refractivity contribution in [2.45, 2.75) is 123 Å². The first kappa shape index (κ1) is 28.9. The molecule has 0 aromatic carbocycles. The zero-order valence-electron chi connectivity index (χ0n) is 23.5. The fourth-order valence-electron chi connectivity index (χ4n) is 7.36. The van der Waals surface area contributed by atoms with E-state index in [9.17, 15) is 19.5 Å². The molecule has 3 amide bonds. The maximum Gasteiger partial charge on any atom is 0.246 e. The third kappa shape index (κ3) is 5.31. The van der Waals surface area contributed by atoms with Crippen LogP contribution in [0.4, 0.5) is 0 Å². The predicted molar refractivity (Wildman–Crippen MR) is 139 cm³/mol. The van der Waals surface area contributed by atoms with E-state index in [4.69, 9.17) is 4.74 Å². The Morgan fingerprint density at radius 2 is 1.78 bits per heavy atom. The standard InChI is InChI=1S/C28H49N3O5/c1-8-15-29-22(33)19-20-24(35)31(16-11-10-12-17-32)21(28(20)14-13-27(19,9-2)36-28)23(34)30-26(6,7)18-25(3,4)5/h19-21,32H,8-18H2,1-7H3,(H,29,33)(H,30,34)/t19-,20+,21?,27+,28?/m1/s1. The second-order valence-corrected chi connectivity index (χ2v) is 13.1. The fourth-order valence-corrected chi connectivity index (χ4v) is 7.36. The molecule has 3 fully saturated rings. The zero-order valence-corrected chi connectivity index (χ0v) is 23.5. The lowest BCUT2D eigenvalue weighted by molar-refractivity contribution is -0.148. The lowest BCUT2D eigenvalue weighted by atomic mass is 9.65. The Morgan fingerprint density at radius 1 is 1.08 bits per heavy atom. The summed E-state index contributed by atoms with van der Waals surface area (Å²) in [6.07, 6.45) is 5.60. The predicted octanol–water partition coefficient (Wildman–Crippen LogP) is 3.16. The number of aliphatic hydroxyl groups is 1. The summed E-state index contributed by atoms with van der Waals surface area (Å²) < 4.78 is 6.79. The van der Waals surface area contributed by atoms with Gasteiger partial charge in [0.15, 0.2) is 0 Å². The van der Waals surface area contributed by atoms with Crippen LogP contribution in [0.1, 0.15) is 99.8 Å². The Labute approximate surface area is 217 Å². The van der Waals surface area contributed by atoms with Gasteiger partial charge in [-0.2, -0.15) is 0 Å². The largest absolute Gasteiger partial charge is 0.396 e. The molecule has 0 saturated carbocycles. The monoisotopic (exact) mass is 507 g/mol. The number of likely N-dealkylation sites (tertiary alicyclic amines) is 1. The van der Waals surface area contributed by atoms with Gasteiger partial charge >= 0.3 is 0 Å². The summed E-state index contributed by atoms with van der Waals surface area (Å²) in [5, 5.41) is 15.5. The van der Waals surface area contributed by atoms with E-state index in [1.54, 1.807) is 4.90 Å². The topological polar surface area (TPSA) is 108 Å². The van der Waals surface area contributed by atoms with Gasteiger partial charge in [-0.25, -0.2) is 0 Å². The van der Waals surface area contributed by atoms with E-state index in [0.29, 0.717) is 45.2 Å². The zero-order chi connectivity index (χ0) is 26.9. The van der Waals surface area contributed by atoms with E-state index in [1.165, 1.54) is 0 Å². The van der Waals surface area contributed by atoms with Gasteiger partial charge in [0.2, 0.25) is 17.7 Å². The number of unbranched alkanes of at least 4 members (excludes halogenated alkanes) is 2. The quantitative estimate of drug-likeness (QED) is 0.352. The van der Waals surface area contributed by atoms with Gasteiger partial charge < -0.3 is 25.4 Å². The van der Waals surface area contributed by atoms with Crippen molar-refractivity contribution in [3.63, 3.8) is 0 Å². The molecular formula is C28H49N3O5. The summed E-state index contributed by atoms with van der Waals surface area (Å²) in [6.45, 7) is 15.6. The highest BCUT2D eigenvalue weighted by Crippen LogP contribution is 2.64. The molecule has 8 nitrogen and oxygen atoms in total. The van der Waals surface area contributed by atoms with Gasteiger partial charge in [-0.05, 0) is 70.6 Å². The molecule has 0 aliphatic carbocycles. The van der Waals surface area contributed by atoms with Crippen LogP contribution < -0.4 is 10.6 Å². The van der Waals surface area contributed by atoms with Crippen LogP contribution in [0.2, 0.25) is 0 Å². The van der Waals surface area contributed by atoms with Crippen molar-refractivity contribution in [3.8, 4) is 0 Å². The number of hydrogen-bond donors (Lipinski definition) is 3. The first-order chi connectivity index (χ1) is 16.8. The molecule has 8 heteroatoms. The summed E-state index contributed by atoms with van der Waals surface area (Å²) in [5.41, 5.74) is -2.14. The number of rotatable bonds is 12. The highest BCUT2D eigenvalue weighted by Gasteiger charge is 2.78. The number of carbonyl (C=O) groups is 3. The van der Waals surface area contributed by atoms with Gasteiger partial charge in [-0.3, -0.25) is 14.4 Å². The minimum Gasteiger partial charge on any atom is -0.396 e. The third-order valence-electron chi connectivity index (χ3n) is 8.25. The lowest BCUT2D eigenvalue weighted by Crippen LogP contribution is -2.59. The van der Waals surface area contributed by atoms with Crippen LogP contribution >= 0.6 is 0 Å². The maximum absolute atomic E-state index is 14.0. The van der Waals surface area contributed by atoms with E-state index in [0.717, 1.165) is 19.3 Å². The molecule has 3 aliphatic heterocycles. The number of hydrogen-bond acceptors (Lipinski definition) is 5. The van der Waals surface area contributed by atoms with Gasteiger partial charge in [0, 0.05) is 25.2 Å². The highest BCUT2D eigenvalue weighted by atomic mass is 16.5. The Balaban J connectivity index is 1.97. The molecule has 5 atom stereocenters. The van der Waals surface area contributed by atoms with Crippen molar-refractivity contribution in [3.05, 3.63) is 0 Å². The number of carbonyl (C=O) groups excluding carboxylic acids is 3. The van der Waals surface area contributed by atoms with Gasteiger partial charge in [0.05, 0.1) is 17.4 Å². The Kier molecular flexibility index (Phi) is 8.51. The number of amides is 3. The van der Waals surface area contributed by atoms with Crippen LogP contribution in [-0.4, -0.2) is 70.2 Å². The van der Waals surface area contributed by atoms with Crippen LogP contribution in [0, 0.1) is 17.3 Å². The average molecular weight is 508 g/mol. The Morgan fingerprint density at radius 3 is 2.36 bits per heavy atom. The molecule has 2 bridgehead atoms. The second kappa shape index (κ2) is 10.6. The molecule has 0 aromatic heterocycles. The molecule has 0 radical (unpaired) electrons. The minimum atomic E-state index is -0.986. The normalized spacial score (nSPS) is 31.6. The molecule has 3 heterocycles. The molecule has 3 aliphatic rings. The fraction of sp³-hybridized carbons (Fsp3) is 0.893. The van der Waals surface area contributed by atoms with E-state index in [-0.39, 0.29) is 29.7 Å². The SMILES string of the molecule is CCCNC(=O)[C@H]1[C@H]2C(=O)N(CCCCCO)C(C(=O)NC(C)(C)CC(C)(C)C)C23CC[C@]1(CC)O3. The van der Waals surface area contributed by atoms with E-state index >= 15 is 0 Å². The van der Waals surface area contributed by atoms with Crippen LogP contribution in [-0.2, 0) is 19.1 Å². The molecule has 0 aromatic rings. The summed E-state index contributed by atoms with van der Waals surface area (Å²) in [6, 6.07) is -0.763.